The van der Waals surface area contributed by atoms with Gasteiger partial charge in [0.05, 0.1) is 11.8 Å². The Morgan fingerprint density at radius 2 is 2.27 bits per heavy atom. The second-order valence-corrected chi connectivity index (χ2v) is 6.02. The number of nitrogens with one attached hydrogen (secondary N) is 2. The van der Waals surface area contributed by atoms with Gasteiger partial charge in [-0.3, -0.25) is 9.78 Å². The zero-order chi connectivity index (χ0) is 18.1. The van der Waals surface area contributed by atoms with E-state index in [0.717, 1.165) is 30.1 Å². The number of halogens is 1. The number of hydrogen-bond acceptors (Lipinski definition) is 6. The van der Waals surface area contributed by atoms with Crippen LogP contribution in [0.2, 0.25) is 0 Å². The molecule has 9 heteroatoms. The van der Waals surface area contributed by atoms with Gasteiger partial charge in [-0.25, -0.2) is 18.7 Å². The Kier molecular flexibility index (Phi) is 4.21. The van der Waals surface area contributed by atoms with Crippen molar-refractivity contribution in [2.24, 2.45) is 0 Å². The minimum atomic E-state index is -0.697. The van der Waals surface area contributed by atoms with Crippen LogP contribution >= 0.6 is 0 Å². The first-order valence-corrected chi connectivity index (χ1v) is 8.25. The molecule has 1 aliphatic heterocycles. The molecule has 0 unspecified atom stereocenters. The SMILES string of the molecule is O=c1[nH]c2nc(NC[C@@H]3CCCO3)ncc2c(=O)n1-c1cccc(F)c1. The van der Waals surface area contributed by atoms with E-state index in [-0.39, 0.29) is 22.8 Å². The quantitative estimate of drug-likeness (QED) is 0.727. The van der Waals surface area contributed by atoms with Gasteiger partial charge in [-0.15, -0.1) is 0 Å². The molecule has 3 aromatic rings. The van der Waals surface area contributed by atoms with Crippen molar-refractivity contribution in [2.75, 3.05) is 18.5 Å². The topological polar surface area (TPSA) is 102 Å². The number of anilines is 1. The van der Waals surface area contributed by atoms with E-state index < -0.39 is 17.1 Å². The average Bonchev–Trinajstić information content (AvgIpc) is 3.13. The van der Waals surface area contributed by atoms with Crippen molar-refractivity contribution < 1.29 is 9.13 Å². The first-order chi connectivity index (χ1) is 12.6. The van der Waals surface area contributed by atoms with Crippen molar-refractivity contribution in [2.45, 2.75) is 18.9 Å². The Hall–Kier alpha value is -3.07. The summed E-state index contributed by atoms with van der Waals surface area (Å²) in [6.45, 7) is 1.30. The zero-order valence-corrected chi connectivity index (χ0v) is 13.7. The summed E-state index contributed by atoms with van der Waals surface area (Å²) in [4.78, 5) is 35.8. The minimum Gasteiger partial charge on any atom is -0.376 e. The van der Waals surface area contributed by atoms with E-state index in [0.29, 0.717) is 12.5 Å². The summed E-state index contributed by atoms with van der Waals surface area (Å²) in [7, 11) is 0. The molecular formula is C17H16FN5O3. The maximum absolute atomic E-state index is 13.4. The van der Waals surface area contributed by atoms with Gasteiger partial charge in [0.2, 0.25) is 5.95 Å². The van der Waals surface area contributed by atoms with Gasteiger partial charge >= 0.3 is 5.69 Å². The van der Waals surface area contributed by atoms with E-state index in [1.165, 1.54) is 24.4 Å². The Morgan fingerprint density at radius 3 is 3.04 bits per heavy atom. The highest BCUT2D eigenvalue weighted by Gasteiger charge is 2.16. The molecule has 0 amide bonds. The number of H-pyrrole nitrogens is 1. The van der Waals surface area contributed by atoms with Crippen LogP contribution < -0.4 is 16.6 Å². The summed E-state index contributed by atoms with van der Waals surface area (Å²) >= 11 is 0. The van der Waals surface area contributed by atoms with E-state index in [2.05, 4.69) is 20.3 Å². The van der Waals surface area contributed by atoms with Crippen LogP contribution in [-0.4, -0.2) is 38.8 Å². The molecule has 2 N–H and O–H groups in total. The largest absolute Gasteiger partial charge is 0.376 e. The van der Waals surface area contributed by atoms with E-state index in [1.54, 1.807) is 0 Å². The summed E-state index contributed by atoms with van der Waals surface area (Å²) in [6, 6.07) is 5.25. The molecule has 1 aliphatic rings. The summed E-state index contributed by atoms with van der Waals surface area (Å²) in [5, 5.41) is 3.18. The van der Waals surface area contributed by atoms with E-state index >= 15 is 0 Å². The molecular weight excluding hydrogens is 341 g/mol. The maximum atomic E-state index is 13.4. The summed E-state index contributed by atoms with van der Waals surface area (Å²) in [5.74, 6) is -0.245. The predicted molar refractivity (Wildman–Crippen MR) is 93.2 cm³/mol. The second kappa shape index (κ2) is 6.68. The fourth-order valence-corrected chi connectivity index (χ4v) is 2.95. The van der Waals surface area contributed by atoms with E-state index in [1.807, 2.05) is 0 Å². The molecule has 1 fully saturated rings. The fourth-order valence-electron chi connectivity index (χ4n) is 2.95. The monoisotopic (exact) mass is 357 g/mol. The molecule has 0 radical (unpaired) electrons. The van der Waals surface area contributed by atoms with Crippen molar-refractivity contribution in [3.05, 3.63) is 57.1 Å². The number of ether oxygens (including phenoxy) is 1. The van der Waals surface area contributed by atoms with Crippen LogP contribution in [0.3, 0.4) is 0 Å². The van der Waals surface area contributed by atoms with Crippen molar-refractivity contribution >= 4 is 17.0 Å². The number of benzene rings is 1. The predicted octanol–water partition coefficient (Wildman–Crippen LogP) is 1.20. The first kappa shape index (κ1) is 16.4. The standard InChI is InChI=1S/C17H16FN5O3/c18-10-3-1-4-11(7-10)23-15(24)13-9-20-16(21-14(13)22-17(23)25)19-8-12-5-2-6-26-12/h1,3-4,7,9,12H,2,5-6,8H2,(H2,19,20,21,22,25)/t12-/m0/s1. The third-order valence-electron chi connectivity index (χ3n) is 4.23. The van der Waals surface area contributed by atoms with Gasteiger partial charge in [-0.1, -0.05) is 6.07 Å². The van der Waals surface area contributed by atoms with Gasteiger partial charge in [0.15, 0.2) is 5.65 Å². The summed E-state index contributed by atoms with van der Waals surface area (Å²) < 4.78 is 19.8. The van der Waals surface area contributed by atoms with Crippen LogP contribution in [0.25, 0.3) is 16.7 Å². The highest BCUT2D eigenvalue weighted by Crippen LogP contribution is 2.13. The Balaban J connectivity index is 1.71. The number of aromatic nitrogens is 4. The van der Waals surface area contributed by atoms with Gasteiger partial charge in [-0.2, -0.15) is 4.98 Å². The van der Waals surface area contributed by atoms with Crippen LogP contribution in [0, 0.1) is 5.82 Å². The Bertz CT molecular complexity index is 1070. The maximum Gasteiger partial charge on any atom is 0.334 e. The lowest BCUT2D eigenvalue weighted by molar-refractivity contribution is 0.120. The average molecular weight is 357 g/mol. The molecule has 134 valence electrons. The van der Waals surface area contributed by atoms with Crippen molar-refractivity contribution in [3.8, 4) is 5.69 Å². The fraction of sp³-hybridized carbons (Fsp3) is 0.294. The van der Waals surface area contributed by atoms with Crippen molar-refractivity contribution in [1.82, 2.24) is 19.5 Å². The van der Waals surface area contributed by atoms with E-state index in [4.69, 9.17) is 4.74 Å². The first-order valence-electron chi connectivity index (χ1n) is 8.25. The molecule has 26 heavy (non-hydrogen) atoms. The summed E-state index contributed by atoms with van der Waals surface area (Å²) in [6.07, 6.45) is 3.44. The van der Waals surface area contributed by atoms with Crippen LogP contribution in [0.15, 0.2) is 40.1 Å². The normalized spacial score (nSPS) is 16.9. The lowest BCUT2D eigenvalue weighted by Gasteiger charge is -2.11. The molecule has 3 heterocycles. The third kappa shape index (κ3) is 3.08. The molecule has 0 bridgehead atoms. The Labute approximate surface area is 146 Å². The van der Waals surface area contributed by atoms with Crippen LogP contribution in [0.5, 0.6) is 0 Å². The lowest BCUT2D eigenvalue weighted by Crippen LogP contribution is -2.34. The smallest absolute Gasteiger partial charge is 0.334 e. The molecule has 2 aromatic heterocycles. The van der Waals surface area contributed by atoms with Gasteiger partial charge in [0.1, 0.15) is 11.2 Å². The highest BCUT2D eigenvalue weighted by atomic mass is 19.1. The Morgan fingerprint density at radius 1 is 1.38 bits per heavy atom. The number of fused-ring (bicyclic) bond motifs is 1. The van der Waals surface area contributed by atoms with Gasteiger partial charge in [-0.05, 0) is 31.0 Å². The minimum absolute atomic E-state index is 0.106. The van der Waals surface area contributed by atoms with Crippen molar-refractivity contribution in [1.29, 1.82) is 0 Å². The van der Waals surface area contributed by atoms with Crippen molar-refractivity contribution in [3.63, 3.8) is 0 Å². The van der Waals surface area contributed by atoms with Gasteiger partial charge < -0.3 is 10.1 Å². The number of rotatable bonds is 4. The highest BCUT2D eigenvalue weighted by molar-refractivity contribution is 5.73. The number of nitrogens with zero attached hydrogens (tertiary/aromatic N) is 3. The van der Waals surface area contributed by atoms with Gasteiger partial charge in [0, 0.05) is 19.3 Å². The molecule has 8 nitrogen and oxygen atoms in total. The number of aromatic amines is 1. The van der Waals surface area contributed by atoms with Crippen LogP contribution in [0.1, 0.15) is 12.8 Å². The van der Waals surface area contributed by atoms with Crippen LogP contribution in [-0.2, 0) is 4.74 Å². The lowest BCUT2D eigenvalue weighted by atomic mass is 10.2. The molecule has 0 saturated carbocycles. The summed E-state index contributed by atoms with van der Waals surface area (Å²) in [5.41, 5.74) is -1.05. The van der Waals surface area contributed by atoms with Gasteiger partial charge in [0.25, 0.3) is 5.56 Å². The third-order valence-corrected chi connectivity index (χ3v) is 4.23. The molecule has 1 aromatic carbocycles. The molecule has 1 atom stereocenters. The van der Waals surface area contributed by atoms with Crippen LogP contribution in [0.4, 0.5) is 10.3 Å². The zero-order valence-electron chi connectivity index (χ0n) is 13.7. The molecule has 0 aliphatic carbocycles. The molecule has 0 spiro atoms. The molecule has 4 rings (SSSR count). The van der Waals surface area contributed by atoms with E-state index in [9.17, 15) is 14.0 Å². The number of hydrogen-bond donors (Lipinski definition) is 2. The molecule has 1 saturated heterocycles. The second-order valence-electron chi connectivity index (χ2n) is 6.02.